The molecule has 0 amide bonds. The Labute approximate surface area is 108 Å². The summed E-state index contributed by atoms with van der Waals surface area (Å²) in [6.45, 7) is 8.95. The molecule has 2 heteroatoms. The molecule has 16 heavy (non-hydrogen) atoms. The normalized spacial score (nSPS) is 11.5. The third kappa shape index (κ3) is 3.64. The van der Waals surface area contributed by atoms with E-state index in [0.29, 0.717) is 11.8 Å². The molecule has 1 rings (SSSR count). The zero-order valence-corrected chi connectivity index (χ0v) is 12.4. The van der Waals surface area contributed by atoms with Crippen molar-refractivity contribution in [2.45, 2.75) is 40.5 Å². The van der Waals surface area contributed by atoms with Gasteiger partial charge in [0.1, 0.15) is 0 Å². The smallest absolute Gasteiger partial charge is 0.0733 e. The molecule has 1 aromatic rings. The van der Waals surface area contributed by atoms with Crippen LogP contribution in [0.4, 0.5) is 0 Å². The van der Waals surface area contributed by atoms with Crippen molar-refractivity contribution in [3.05, 3.63) is 28.3 Å². The first-order valence-corrected chi connectivity index (χ1v) is 6.81. The molecule has 0 spiro atoms. The summed E-state index contributed by atoms with van der Waals surface area (Å²) < 4.78 is 0. The quantitative estimate of drug-likeness (QED) is 0.719. The molecule has 0 aliphatic carbocycles. The Morgan fingerprint density at radius 1 is 1.06 bits per heavy atom. The van der Waals surface area contributed by atoms with Crippen LogP contribution in [0.25, 0.3) is 0 Å². The summed E-state index contributed by atoms with van der Waals surface area (Å²) in [6, 6.07) is 4.26. The van der Waals surface area contributed by atoms with Gasteiger partial charge in [0.05, 0.1) is 10.2 Å². The van der Waals surface area contributed by atoms with Crippen LogP contribution in [-0.4, -0.2) is 10.2 Å². The summed E-state index contributed by atoms with van der Waals surface area (Å²) in [5, 5.41) is 1.90. The minimum absolute atomic E-state index is 0.636. The lowest BCUT2D eigenvalue weighted by molar-refractivity contribution is 0.616. The first kappa shape index (κ1) is 13.8. The molecule has 0 aliphatic rings. The molecule has 87 valence electrons. The molecule has 0 saturated heterocycles. The zero-order valence-electron chi connectivity index (χ0n) is 10.6. The number of rotatable bonds is 4. The lowest BCUT2D eigenvalue weighted by Gasteiger charge is -2.16. The largest absolute Gasteiger partial charge is 0.0842 e. The van der Waals surface area contributed by atoms with Crippen LogP contribution >= 0.6 is 11.6 Å². The Kier molecular flexibility index (Phi) is 5.07. The molecule has 0 nitrogen and oxygen atoms in total. The Bertz CT molecular complexity index is 356. The van der Waals surface area contributed by atoms with E-state index in [0.717, 1.165) is 23.1 Å². The Balaban J connectivity index is 3.11. The molecular weight excluding hydrogens is 232 g/mol. The third-order valence-corrected chi connectivity index (χ3v) is 3.59. The topological polar surface area (TPSA) is 0 Å². The predicted molar refractivity (Wildman–Crippen MR) is 73.9 cm³/mol. The van der Waals surface area contributed by atoms with E-state index in [2.05, 4.69) is 50.1 Å². The highest BCUT2D eigenvalue weighted by Crippen LogP contribution is 2.23. The number of benzene rings is 1. The molecular formula is C14H20ClSi. The highest BCUT2D eigenvalue weighted by atomic mass is 35.5. The summed E-state index contributed by atoms with van der Waals surface area (Å²) in [5.74, 6) is 1.31. The first-order chi connectivity index (χ1) is 7.41. The monoisotopic (exact) mass is 251 g/mol. The van der Waals surface area contributed by atoms with Crippen LogP contribution in [0.1, 0.15) is 38.8 Å². The maximum absolute atomic E-state index is 6.38. The van der Waals surface area contributed by atoms with Gasteiger partial charge < -0.3 is 0 Å². The van der Waals surface area contributed by atoms with E-state index in [1.807, 2.05) is 0 Å². The van der Waals surface area contributed by atoms with Crippen molar-refractivity contribution in [2.24, 2.45) is 11.8 Å². The van der Waals surface area contributed by atoms with Crippen molar-refractivity contribution in [3.63, 3.8) is 0 Å². The molecule has 0 bridgehead atoms. The van der Waals surface area contributed by atoms with Gasteiger partial charge in [0.2, 0.25) is 0 Å². The van der Waals surface area contributed by atoms with Gasteiger partial charge in [-0.05, 0) is 41.0 Å². The van der Waals surface area contributed by atoms with E-state index in [4.69, 9.17) is 11.6 Å². The fourth-order valence-electron chi connectivity index (χ4n) is 1.92. The summed E-state index contributed by atoms with van der Waals surface area (Å²) >= 11 is 6.38. The minimum Gasteiger partial charge on any atom is -0.0842 e. The highest BCUT2D eigenvalue weighted by Gasteiger charge is 2.12. The molecule has 0 saturated carbocycles. The summed E-state index contributed by atoms with van der Waals surface area (Å²) in [5.41, 5.74) is 2.72. The van der Waals surface area contributed by atoms with Gasteiger partial charge in [-0.3, -0.25) is 0 Å². The Morgan fingerprint density at radius 3 is 2.12 bits per heavy atom. The van der Waals surface area contributed by atoms with Crippen LogP contribution in [0.5, 0.6) is 0 Å². The molecule has 0 unspecified atom stereocenters. The third-order valence-electron chi connectivity index (χ3n) is 2.58. The van der Waals surface area contributed by atoms with Crippen molar-refractivity contribution >= 4 is 27.0 Å². The molecule has 0 atom stereocenters. The van der Waals surface area contributed by atoms with E-state index in [1.165, 1.54) is 11.1 Å². The molecule has 0 N–H and O–H groups in total. The summed E-state index contributed by atoms with van der Waals surface area (Å²) in [6.07, 6.45) is 2.16. The second-order valence-corrected chi connectivity index (χ2v) is 6.18. The maximum atomic E-state index is 6.38. The van der Waals surface area contributed by atoms with Crippen molar-refractivity contribution in [1.29, 1.82) is 0 Å². The van der Waals surface area contributed by atoms with Gasteiger partial charge in [0.25, 0.3) is 0 Å². The van der Waals surface area contributed by atoms with Crippen molar-refractivity contribution in [2.75, 3.05) is 0 Å². The van der Waals surface area contributed by atoms with Crippen molar-refractivity contribution in [3.8, 4) is 0 Å². The van der Waals surface area contributed by atoms with E-state index >= 15 is 0 Å². The van der Waals surface area contributed by atoms with Crippen LogP contribution in [0.3, 0.4) is 0 Å². The number of halogens is 1. The van der Waals surface area contributed by atoms with Crippen molar-refractivity contribution in [1.82, 2.24) is 0 Å². The van der Waals surface area contributed by atoms with Gasteiger partial charge in [0, 0.05) is 5.02 Å². The van der Waals surface area contributed by atoms with Crippen LogP contribution in [0.2, 0.25) is 5.02 Å². The van der Waals surface area contributed by atoms with Crippen molar-refractivity contribution < 1.29 is 0 Å². The second-order valence-electron chi connectivity index (χ2n) is 5.26. The van der Waals surface area contributed by atoms with Gasteiger partial charge in [0.15, 0.2) is 0 Å². The minimum atomic E-state index is 0.636. The SMILES string of the molecule is CC(C)Cc1ccc([Si])c(Cl)c1CC(C)C. The predicted octanol–water partition coefficient (Wildman–Crippen LogP) is 3.53. The Morgan fingerprint density at radius 2 is 1.62 bits per heavy atom. The lowest BCUT2D eigenvalue weighted by atomic mass is 9.93. The fraction of sp³-hybridized carbons (Fsp3) is 0.571. The van der Waals surface area contributed by atoms with E-state index < -0.39 is 0 Å². The second kappa shape index (κ2) is 5.88. The van der Waals surface area contributed by atoms with Crippen LogP contribution < -0.4 is 5.19 Å². The zero-order chi connectivity index (χ0) is 12.3. The summed E-state index contributed by atoms with van der Waals surface area (Å²) in [4.78, 5) is 0. The highest BCUT2D eigenvalue weighted by molar-refractivity contribution is 6.45. The molecule has 0 fully saturated rings. The van der Waals surface area contributed by atoms with Crippen LogP contribution in [0, 0.1) is 11.8 Å². The number of hydrogen-bond donors (Lipinski definition) is 0. The van der Waals surface area contributed by atoms with Crippen LogP contribution in [0.15, 0.2) is 12.1 Å². The summed E-state index contributed by atoms with van der Waals surface area (Å²) in [7, 11) is 3.56. The van der Waals surface area contributed by atoms with Crippen LogP contribution in [-0.2, 0) is 12.8 Å². The molecule has 0 heterocycles. The molecule has 1 aromatic carbocycles. The average Bonchev–Trinajstić information content (AvgIpc) is 2.16. The molecule has 0 aromatic heterocycles. The lowest BCUT2D eigenvalue weighted by Crippen LogP contribution is -2.12. The van der Waals surface area contributed by atoms with Gasteiger partial charge >= 0.3 is 0 Å². The Hall–Kier alpha value is -0.273. The molecule has 0 aliphatic heterocycles. The van der Waals surface area contributed by atoms with E-state index in [9.17, 15) is 0 Å². The molecule has 3 radical (unpaired) electrons. The van der Waals surface area contributed by atoms with E-state index in [1.54, 1.807) is 0 Å². The van der Waals surface area contributed by atoms with Gasteiger partial charge in [-0.2, -0.15) is 0 Å². The number of hydrogen-bond acceptors (Lipinski definition) is 0. The fourth-order valence-corrected chi connectivity index (χ4v) is 2.42. The van der Waals surface area contributed by atoms with Gasteiger partial charge in [-0.25, -0.2) is 0 Å². The van der Waals surface area contributed by atoms with Gasteiger partial charge in [-0.15, -0.1) is 0 Å². The maximum Gasteiger partial charge on any atom is 0.0733 e. The average molecular weight is 252 g/mol. The first-order valence-electron chi connectivity index (χ1n) is 5.93. The van der Waals surface area contributed by atoms with E-state index in [-0.39, 0.29) is 0 Å². The standard InChI is InChI=1S/C14H20ClSi/c1-9(2)7-11-5-6-13(16)14(15)12(11)8-10(3)4/h5-6,9-10H,7-8H2,1-4H3. The van der Waals surface area contributed by atoms with Gasteiger partial charge in [-0.1, -0.05) is 51.4 Å².